The molecule has 2 aliphatic rings. The summed E-state index contributed by atoms with van der Waals surface area (Å²) in [5, 5.41) is 16.6. The first-order chi connectivity index (χ1) is 13.5. The van der Waals surface area contributed by atoms with Crippen LogP contribution in [0.1, 0.15) is 61.4 Å². The minimum Gasteiger partial charge on any atom is -0.396 e. The predicted molar refractivity (Wildman–Crippen MR) is 111 cm³/mol. The van der Waals surface area contributed by atoms with Crippen molar-refractivity contribution in [2.45, 2.75) is 70.6 Å². The quantitative estimate of drug-likeness (QED) is 0.550. The molecule has 3 unspecified atom stereocenters. The Bertz CT molecular complexity index is 660. The van der Waals surface area contributed by atoms with Crippen LogP contribution in [0.3, 0.4) is 0 Å². The molecule has 1 aliphatic heterocycles. The lowest BCUT2D eigenvalue weighted by molar-refractivity contribution is 0.0941. The number of piperidine rings is 1. The molecule has 3 atom stereocenters. The van der Waals surface area contributed by atoms with Gasteiger partial charge in [0.05, 0.1) is 11.7 Å². The van der Waals surface area contributed by atoms with Gasteiger partial charge in [-0.05, 0) is 44.7 Å². The van der Waals surface area contributed by atoms with Crippen LogP contribution in [0, 0.1) is 12.8 Å². The number of nitrogens with one attached hydrogen (secondary N) is 2. The largest absolute Gasteiger partial charge is 0.396 e. The molecule has 1 amide bonds. The van der Waals surface area contributed by atoms with E-state index in [0.717, 1.165) is 18.5 Å². The number of hydrogen-bond acceptors (Lipinski definition) is 6. The Kier molecular flexibility index (Phi) is 7.26. The summed E-state index contributed by atoms with van der Waals surface area (Å²) in [6.07, 6.45) is 8.71. The van der Waals surface area contributed by atoms with Crippen molar-refractivity contribution in [1.29, 1.82) is 0 Å². The molecule has 3 rings (SSSR count). The lowest BCUT2D eigenvalue weighted by Gasteiger charge is -2.41. The number of aliphatic hydroxyl groups excluding tert-OH is 1. The predicted octanol–water partition coefficient (Wildman–Crippen LogP) is 1.53. The van der Waals surface area contributed by atoms with E-state index in [-0.39, 0.29) is 18.4 Å². The van der Waals surface area contributed by atoms with Gasteiger partial charge in [-0.1, -0.05) is 19.3 Å². The molecule has 0 bridgehead atoms. The number of amides is 1. The third kappa shape index (κ3) is 5.21. The normalized spacial score (nSPS) is 24.8. The third-order valence-corrected chi connectivity index (χ3v) is 5.93. The van der Waals surface area contributed by atoms with Gasteiger partial charge in [0.1, 0.15) is 5.82 Å². The summed E-state index contributed by atoms with van der Waals surface area (Å²) in [4.78, 5) is 19.3. The van der Waals surface area contributed by atoms with Crippen LogP contribution in [0.5, 0.6) is 0 Å². The molecule has 0 radical (unpaired) electrons. The highest BCUT2D eigenvalue weighted by molar-refractivity contribution is 5.99. The molecule has 1 aromatic rings. The maximum absolute atomic E-state index is 12.6. The summed E-state index contributed by atoms with van der Waals surface area (Å²) in [7, 11) is 0. The van der Waals surface area contributed by atoms with Gasteiger partial charge in [-0.2, -0.15) is 0 Å². The highest BCUT2D eigenvalue weighted by atomic mass is 16.3. The van der Waals surface area contributed by atoms with Gasteiger partial charge in [0.25, 0.3) is 5.91 Å². The molecule has 5 N–H and O–H groups in total. The number of aromatic nitrogens is 1. The van der Waals surface area contributed by atoms with Crippen LogP contribution in [0.4, 0.5) is 5.82 Å². The fraction of sp³-hybridized carbons (Fsp3) is 0.714. The van der Waals surface area contributed by atoms with Crippen molar-refractivity contribution in [3.05, 3.63) is 23.4 Å². The number of rotatable bonds is 6. The number of anilines is 1. The molecule has 1 saturated carbocycles. The number of hydrogen-bond donors (Lipinski definition) is 4. The maximum Gasteiger partial charge on any atom is 0.256 e. The summed E-state index contributed by atoms with van der Waals surface area (Å²) in [5.74, 6) is 0.602. The van der Waals surface area contributed by atoms with Crippen LogP contribution in [-0.4, -0.2) is 53.9 Å². The minimum atomic E-state index is -0.420. The van der Waals surface area contributed by atoms with Crippen LogP contribution < -0.4 is 21.3 Å². The first-order valence-corrected chi connectivity index (χ1v) is 10.6. The van der Waals surface area contributed by atoms with E-state index in [1.807, 2.05) is 13.0 Å². The Balaban J connectivity index is 1.72. The van der Waals surface area contributed by atoms with Gasteiger partial charge < -0.3 is 26.4 Å². The van der Waals surface area contributed by atoms with Gasteiger partial charge in [0, 0.05) is 43.9 Å². The standard InChI is InChI=1S/C21H35N5O2/c1-14-10-18(21(28)24-15(2)22)20(23-11-14)26-9-8-19(16(12-26)13-27)25-17-6-4-3-5-7-17/h10-11,15-17,19,25,27H,3-9,12-13,22H2,1-2H3,(H,24,28). The number of aryl methyl sites for hydroxylation is 1. The Morgan fingerprint density at radius 2 is 2.11 bits per heavy atom. The summed E-state index contributed by atoms with van der Waals surface area (Å²) in [5.41, 5.74) is 7.23. The van der Waals surface area contributed by atoms with Crippen molar-refractivity contribution >= 4 is 11.7 Å². The molecule has 2 heterocycles. The van der Waals surface area contributed by atoms with E-state index >= 15 is 0 Å². The first kappa shape index (κ1) is 21.0. The van der Waals surface area contributed by atoms with Crippen molar-refractivity contribution in [1.82, 2.24) is 15.6 Å². The number of carbonyl (C=O) groups is 1. The number of aliphatic hydroxyl groups is 1. The zero-order valence-corrected chi connectivity index (χ0v) is 17.2. The molecule has 1 aliphatic carbocycles. The van der Waals surface area contributed by atoms with Crippen LogP contribution in [0.2, 0.25) is 0 Å². The molecule has 7 nitrogen and oxygen atoms in total. The monoisotopic (exact) mass is 389 g/mol. The summed E-state index contributed by atoms with van der Waals surface area (Å²) < 4.78 is 0. The van der Waals surface area contributed by atoms with Crippen LogP contribution in [0.15, 0.2) is 12.3 Å². The maximum atomic E-state index is 12.6. The third-order valence-electron chi connectivity index (χ3n) is 5.93. The van der Waals surface area contributed by atoms with Gasteiger partial charge in [0.15, 0.2) is 0 Å². The van der Waals surface area contributed by atoms with Crippen LogP contribution >= 0.6 is 0 Å². The summed E-state index contributed by atoms with van der Waals surface area (Å²) >= 11 is 0. The molecule has 156 valence electrons. The molecule has 7 heteroatoms. The van der Waals surface area contributed by atoms with Gasteiger partial charge in [0.2, 0.25) is 0 Å². The molecular formula is C21H35N5O2. The Labute approximate surface area is 168 Å². The second-order valence-electron chi connectivity index (χ2n) is 8.43. The van der Waals surface area contributed by atoms with E-state index in [0.29, 0.717) is 30.0 Å². The average molecular weight is 390 g/mol. The van der Waals surface area contributed by atoms with Crippen molar-refractivity contribution in [2.24, 2.45) is 11.7 Å². The van der Waals surface area contributed by atoms with E-state index in [9.17, 15) is 9.90 Å². The van der Waals surface area contributed by atoms with E-state index in [2.05, 4.69) is 20.5 Å². The lowest BCUT2D eigenvalue weighted by Crippen LogP contribution is -2.54. The fourth-order valence-electron chi connectivity index (χ4n) is 4.47. The van der Waals surface area contributed by atoms with Crippen LogP contribution in [-0.2, 0) is 0 Å². The van der Waals surface area contributed by atoms with Crippen molar-refractivity contribution in [2.75, 3.05) is 24.6 Å². The molecule has 0 aromatic carbocycles. The Morgan fingerprint density at radius 1 is 1.36 bits per heavy atom. The zero-order valence-electron chi connectivity index (χ0n) is 17.2. The SMILES string of the molecule is Cc1cnc(N2CCC(NC3CCCCC3)C(CO)C2)c(C(=O)NC(C)N)c1. The molecule has 28 heavy (non-hydrogen) atoms. The first-order valence-electron chi connectivity index (χ1n) is 10.6. The molecular weight excluding hydrogens is 354 g/mol. The highest BCUT2D eigenvalue weighted by Crippen LogP contribution is 2.27. The van der Waals surface area contributed by atoms with E-state index in [4.69, 9.17) is 5.73 Å². The Hall–Kier alpha value is -1.70. The average Bonchev–Trinajstić information content (AvgIpc) is 2.68. The number of pyridine rings is 1. The fourth-order valence-corrected chi connectivity index (χ4v) is 4.47. The zero-order chi connectivity index (χ0) is 20.1. The van der Waals surface area contributed by atoms with Crippen molar-refractivity contribution in [3.63, 3.8) is 0 Å². The molecule has 0 spiro atoms. The summed E-state index contributed by atoms with van der Waals surface area (Å²) in [6.45, 7) is 5.31. The molecule has 2 fully saturated rings. The molecule has 1 saturated heterocycles. The summed E-state index contributed by atoms with van der Waals surface area (Å²) in [6, 6.07) is 2.75. The van der Waals surface area contributed by atoms with E-state index in [1.165, 1.54) is 32.1 Å². The van der Waals surface area contributed by atoms with Crippen molar-refractivity contribution in [3.8, 4) is 0 Å². The molecule has 1 aromatic heterocycles. The number of carbonyl (C=O) groups excluding carboxylic acids is 1. The van der Waals surface area contributed by atoms with Gasteiger partial charge >= 0.3 is 0 Å². The Morgan fingerprint density at radius 3 is 2.79 bits per heavy atom. The van der Waals surface area contributed by atoms with Crippen LogP contribution in [0.25, 0.3) is 0 Å². The van der Waals surface area contributed by atoms with Gasteiger partial charge in [-0.3, -0.25) is 4.79 Å². The number of nitrogens with two attached hydrogens (primary N) is 1. The van der Waals surface area contributed by atoms with Gasteiger partial charge in [-0.15, -0.1) is 0 Å². The van der Waals surface area contributed by atoms with Gasteiger partial charge in [-0.25, -0.2) is 4.98 Å². The van der Waals surface area contributed by atoms with Crippen molar-refractivity contribution < 1.29 is 9.90 Å². The van der Waals surface area contributed by atoms with E-state index in [1.54, 1.807) is 13.1 Å². The minimum absolute atomic E-state index is 0.128. The second kappa shape index (κ2) is 9.67. The number of nitrogens with zero attached hydrogens (tertiary/aromatic N) is 2. The second-order valence-corrected chi connectivity index (χ2v) is 8.43. The van der Waals surface area contributed by atoms with E-state index < -0.39 is 6.17 Å². The lowest BCUT2D eigenvalue weighted by atomic mass is 9.89. The smallest absolute Gasteiger partial charge is 0.256 e. The topological polar surface area (TPSA) is 104 Å². The highest BCUT2D eigenvalue weighted by Gasteiger charge is 2.32.